The van der Waals surface area contributed by atoms with E-state index in [2.05, 4.69) is 44.5 Å². The molecule has 1 aromatic carbocycles. The molecule has 0 unspecified atom stereocenters. The number of nitrogens with zero attached hydrogens (tertiary/aromatic N) is 4. The monoisotopic (exact) mass is 431 g/mol. The van der Waals surface area contributed by atoms with Gasteiger partial charge in [-0.1, -0.05) is 48.5 Å². The molecule has 0 saturated carbocycles. The zero-order valence-electron chi connectivity index (χ0n) is 16.8. The van der Waals surface area contributed by atoms with Crippen molar-refractivity contribution < 1.29 is 20.1 Å². The van der Waals surface area contributed by atoms with Crippen LogP contribution in [-0.2, 0) is 11.3 Å². The van der Waals surface area contributed by atoms with Crippen molar-refractivity contribution in [1.29, 1.82) is 0 Å². The molecule has 3 aromatic rings. The number of ether oxygens (including phenoxy) is 1. The molecule has 3 heterocycles. The minimum absolute atomic E-state index is 0.392. The molecular weight excluding hydrogens is 406 g/mol. The molecule has 1 saturated heterocycles. The summed E-state index contributed by atoms with van der Waals surface area (Å²) >= 11 is 1.49. The lowest BCUT2D eigenvalue weighted by Gasteiger charge is -2.17. The van der Waals surface area contributed by atoms with Crippen LogP contribution in [0.15, 0.2) is 35.7 Å². The van der Waals surface area contributed by atoms with E-state index in [1.54, 1.807) is 4.57 Å². The second kappa shape index (κ2) is 8.86. The third-order valence-corrected chi connectivity index (χ3v) is 5.78. The van der Waals surface area contributed by atoms with Crippen LogP contribution in [0.1, 0.15) is 24.3 Å². The average molecular weight is 432 g/mol. The van der Waals surface area contributed by atoms with E-state index in [1.807, 2.05) is 13.8 Å². The van der Waals surface area contributed by atoms with Crippen LogP contribution in [-0.4, -0.2) is 65.5 Å². The van der Waals surface area contributed by atoms with Gasteiger partial charge in [-0.25, -0.2) is 15.0 Å². The molecule has 10 heteroatoms. The van der Waals surface area contributed by atoms with Crippen LogP contribution in [0.5, 0.6) is 0 Å². The van der Waals surface area contributed by atoms with Gasteiger partial charge in [0.25, 0.3) is 0 Å². The van der Waals surface area contributed by atoms with E-state index in [-0.39, 0.29) is 0 Å². The summed E-state index contributed by atoms with van der Waals surface area (Å²) in [4.78, 5) is 13.6. The van der Waals surface area contributed by atoms with E-state index < -0.39 is 31.1 Å². The fourth-order valence-electron chi connectivity index (χ4n) is 3.40. The number of hydrogen-bond donors (Lipinski definition) is 4. The minimum atomic E-state index is -1.21. The summed E-state index contributed by atoms with van der Waals surface area (Å²) < 4.78 is 7.23. The van der Waals surface area contributed by atoms with Gasteiger partial charge in [-0.2, -0.15) is 0 Å². The summed E-state index contributed by atoms with van der Waals surface area (Å²) in [6, 6.07) is 8.23. The summed E-state index contributed by atoms with van der Waals surface area (Å²) in [6.07, 6.45) is -2.66. The highest BCUT2D eigenvalue weighted by Crippen LogP contribution is 2.33. The van der Waals surface area contributed by atoms with Gasteiger partial charge in [0, 0.05) is 6.54 Å². The molecule has 0 aliphatic carbocycles. The van der Waals surface area contributed by atoms with Crippen molar-refractivity contribution in [2.24, 2.45) is 0 Å². The molecule has 0 radical (unpaired) electrons. The van der Waals surface area contributed by atoms with Crippen molar-refractivity contribution >= 4 is 28.7 Å². The van der Waals surface area contributed by atoms with Crippen LogP contribution >= 0.6 is 11.8 Å². The summed E-state index contributed by atoms with van der Waals surface area (Å²) in [5.74, 6) is 1.38. The number of nitrogens with one attached hydrogen (secondary N) is 1. The van der Waals surface area contributed by atoms with Crippen LogP contribution in [0, 0.1) is 6.92 Å². The summed E-state index contributed by atoms with van der Waals surface area (Å²) in [7, 11) is 0. The third-order valence-electron chi connectivity index (χ3n) is 5.05. The second-order valence-corrected chi connectivity index (χ2v) is 8.41. The first-order valence-corrected chi connectivity index (χ1v) is 10.8. The first kappa shape index (κ1) is 21.0. The summed E-state index contributed by atoms with van der Waals surface area (Å²) in [5, 5.41) is 33.8. The largest absolute Gasteiger partial charge is 0.394 e. The van der Waals surface area contributed by atoms with E-state index >= 15 is 0 Å². The number of hydrogen-bond acceptors (Lipinski definition) is 9. The molecular formula is C20H25N5O4S. The zero-order valence-corrected chi connectivity index (χ0v) is 17.6. The number of aryl methyl sites for hydroxylation is 1. The maximum Gasteiger partial charge on any atom is 0.191 e. The van der Waals surface area contributed by atoms with Crippen molar-refractivity contribution in [3.63, 3.8) is 0 Å². The van der Waals surface area contributed by atoms with Crippen LogP contribution in [0.2, 0.25) is 0 Å². The van der Waals surface area contributed by atoms with Crippen molar-refractivity contribution in [3.8, 4) is 0 Å². The van der Waals surface area contributed by atoms with Gasteiger partial charge in [0.1, 0.15) is 18.3 Å². The van der Waals surface area contributed by atoms with E-state index in [0.717, 1.165) is 11.3 Å². The number of aromatic nitrogens is 4. The van der Waals surface area contributed by atoms with E-state index in [0.29, 0.717) is 28.7 Å². The van der Waals surface area contributed by atoms with Gasteiger partial charge in [0.15, 0.2) is 28.4 Å². The van der Waals surface area contributed by atoms with Gasteiger partial charge in [-0.15, -0.1) is 0 Å². The van der Waals surface area contributed by atoms with Gasteiger partial charge in [0.2, 0.25) is 0 Å². The fourth-order valence-corrected chi connectivity index (χ4v) is 3.97. The van der Waals surface area contributed by atoms with Crippen LogP contribution in [0.4, 0.5) is 5.82 Å². The van der Waals surface area contributed by atoms with Crippen molar-refractivity contribution in [2.75, 3.05) is 17.7 Å². The quantitative estimate of drug-likeness (QED) is 0.325. The van der Waals surface area contributed by atoms with Gasteiger partial charge in [-0.05, 0) is 18.2 Å². The van der Waals surface area contributed by atoms with Crippen molar-refractivity contribution in [3.05, 3.63) is 41.7 Å². The SMILES string of the molecule is CCSc1nc(NCc2ccc(C)cc2)c2ncn([C@@H]3O[C@H](CO)[C@@H](O)[C@H]3O)c2n1. The van der Waals surface area contributed by atoms with E-state index in [9.17, 15) is 15.3 Å². The topological polar surface area (TPSA) is 126 Å². The number of rotatable bonds is 7. The number of imidazole rings is 1. The smallest absolute Gasteiger partial charge is 0.191 e. The normalized spacial score (nSPS) is 23.9. The lowest BCUT2D eigenvalue weighted by molar-refractivity contribution is -0.0511. The van der Waals surface area contributed by atoms with Gasteiger partial charge < -0.3 is 25.4 Å². The van der Waals surface area contributed by atoms with Crippen LogP contribution in [0.3, 0.4) is 0 Å². The molecule has 0 amide bonds. The van der Waals surface area contributed by atoms with Crippen molar-refractivity contribution in [1.82, 2.24) is 19.5 Å². The number of aliphatic hydroxyl groups excluding tert-OH is 3. The Kier molecular flexibility index (Phi) is 6.21. The number of benzene rings is 1. The van der Waals surface area contributed by atoms with Crippen LogP contribution in [0.25, 0.3) is 11.2 Å². The standard InChI is InChI=1S/C20H25N5O4S/c1-3-30-20-23-17(21-8-12-6-4-11(2)5-7-12)14-18(24-20)25(10-22-14)19-16(28)15(27)13(9-26)29-19/h4-7,10,13,15-16,19,26-28H,3,8-9H2,1-2H3,(H,21,23,24)/t13-,15-,16-,19-/m1/s1. The molecule has 0 bridgehead atoms. The molecule has 4 atom stereocenters. The minimum Gasteiger partial charge on any atom is -0.394 e. The van der Waals surface area contributed by atoms with E-state index in [1.165, 1.54) is 23.7 Å². The maximum absolute atomic E-state index is 10.4. The molecule has 0 spiro atoms. The first-order valence-electron chi connectivity index (χ1n) is 9.81. The fraction of sp³-hybridized carbons (Fsp3) is 0.450. The molecule has 4 rings (SSSR count). The maximum atomic E-state index is 10.4. The molecule has 4 N–H and O–H groups in total. The highest BCUT2D eigenvalue weighted by molar-refractivity contribution is 7.99. The molecule has 30 heavy (non-hydrogen) atoms. The number of anilines is 1. The average Bonchev–Trinajstić information content (AvgIpc) is 3.29. The van der Waals surface area contributed by atoms with Crippen LogP contribution < -0.4 is 5.32 Å². The molecule has 1 aliphatic heterocycles. The number of fused-ring (bicyclic) bond motifs is 1. The number of aliphatic hydroxyl groups is 3. The Morgan fingerprint density at radius 1 is 1.17 bits per heavy atom. The highest BCUT2D eigenvalue weighted by atomic mass is 32.2. The molecule has 160 valence electrons. The Morgan fingerprint density at radius 2 is 1.93 bits per heavy atom. The Labute approximate surface area is 178 Å². The predicted molar refractivity (Wildman–Crippen MR) is 113 cm³/mol. The van der Waals surface area contributed by atoms with E-state index in [4.69, 9.17) is 4.74 Å². The Bertz CT molecular complexity index is 1010. The van der Waals surface area contributed by atoms with Crippen molar-refractivity contribution in [2.45, 2.75) is 50.1 Å². The lowest BCUT2D eigenvalue weighted by Crippen LogP contribution is -2.33. The molecule has 1 fully saturated rings. The summed E-state index contributed by atoms with van der Waals surface area (Å²) in [5.41, 5.74) is 3.34. The van der Waals surface area contributed by atoms with Gasteiger partial charge >= 0.3 is 0 Å². The zero-order chi connectivity index (χ0) is 21.3. The lowest BCUT2D eigenvalue weighted by atomic mass is 10.1. The molecule has 1 aliphatic rings. The summed E-state index contributed by atoms with van der Waals surface area (Å²) in [6.45, 7) is 4.24. The van der Waals surface area contributed by atoms with Gasteiger partial charge in [0.05, 0.1) is 12.9 Å². The van der Waals surface area contributed by atoms with Gasteiger partial charge in [-0.3, -0.25) is 4.57 Å². The molecule has 2 aromatic heterocycles. The highest BCUT2D eigenvalue weighted by Gasteiger charge is 2.44. The Hall–Kier alpha value is -2.24. The third kappa shape index (κ3) is 4.01. The Morgan fingerprint density at radius 3 is 2.60 bits per heavy atom. The molecule has 9 nitrogen and oxygen atoms in total. The Balaban J connectivity index is 1.68. The first-order chi connectivity index (χ1) is 14.5. The number of thioether (sulfide) groups is 1. The predicted octanol–water partition coefficient (Wildman–Crippen LogP) is 1.47. The second-order valence-electron chi connectivity index (χ2n) is 7.18.